The topological polar surface area (TPSA) is 84.5 Å². The molecule has 6 nitrogen and oxygen atoms in total. The zero-order chi connectivity index (χ0) is 16.4. The summed E-state index contributed by atoms with van der Waals surface area (Å²) in [6.45, 7) is 3.99. The molecule has 0 aromatic heterocycles. The van der Waals surface area contributed by atoms with Gasteiger partial charge in [-0.1, -0.05) is 30.3 Å². The molecule has 0 aliphatic carbocycles. The maximum atomic E-state index is 11.8. The van der Waals surface area contributed by atoms with Crippen LogP contribution in [0.15, 0.2) is 30.3 Å². The average molecular weight is 324 g/mol. The van der Waals surface area contributed by atoms with Crippen molar-refractivity contribution < 1.29 is 19.1 Å². The Bertz CT molecular complexity index is 508. The second-order valence-electron chi connectivity index (χ2n) is 4.42. The molecule has 0 spiro atoms. The molecular weight excluding hydrogens is 304 g/mol. The highest BCUT2D eigenvalue weighted by Gasteiger charge is 2.17. The summed E-state index contributed by atoms with van der Waals surface area (Å²) in [6, 6.07) is 8.81. The lowest BCUT2D eigenvalue weighted by atomic mass is 10.2. The third kappa shape index (κ3) is 7.12. The molecular formula is C15H20N2O4S. The lowest BCUT2D eigenvalue weighted by Gasteiger charge is -2.11. The van der Waals surface area contributed by atoms with Gasteiger partial charge < -0.3 is 10.1 Å². The number of hydrogen-bond acceptors (Lipinski definition) is 5. The number of hydrogen-bond donors (Lipinski definition) is 2. The summed E-state index contributed by atoms with van der Waals surface area (Å²) in [4.78, 5) is 34.6. The van der Waals surface area contributed by atoms with E-state index in [0.717, 1.165) is 17.3 Å². The van der Waals surface area contributed by atoms with Crippen LogP contribution in [0.5, 0.6) is 0 Å². The number of carbonyl (C=O) groups excluding carboxylic acids is 3. The zero-order valence-corrected chi connectivity index (χ0v) is 13.4. The number of benzene rings is 1. The molecule has 2 N–H and O–H groups in total. The Kier molecular flexibility index (Phi) is 8.06. The van der Waals surface area contributed by atoms with E-state index in [1.54, 1.807) is 13.8 Å². The van der Waals surface area contributed by atoms with E-state index in [-0.39, 0.29) is 11.7 Å². The number of ether oxygens (including phenoxy) is 1. The third-order valence-electron chi connectivity index (χ3n) is 2.66. The first-order valence-corrected chi connectivity index (χ1v) is 7.97. The van der Waals surface area contributed by atoms with Crippen LogP contribution in [0.25, 0.3) is 0 Å². The molecule has 0 unspecified atom stereocenters. The van der Waals surface area contributed by atoms with E-state index in [0.29, 0.717) is 13.2 Å². The van der Waals surface area contributed by atoms with Gasteiger partial charge in [-0.15, -0.1) is 11.8 Å². The quantitative estimate of drug-likeness (QED) is 0.746. The van der Waals surface area contributed by atoms with Crippen molar-refractivity contribution in [2.75, 3.05) is 12.4 Å². The number of urea groups is 1. The predicted octanol–water partition coefficient (Wildman–Crippen LogP) is 1.70. The van der Waals surface area contributed by atoms with Crippen molar-refractivity contribution in [3.63, 3.8) is 0 Å². The molecule has 0 saturated heterocycles. The summed E-state index contributed by atoms with van der Waals surface area (Å²) in [5.74, 6) is -0.742. The number of amides is 3. The summed E-state index contributed by atoms with van der Waals surface area (Å²) in [6.07, 6.45) is 0. The van der Waals surface area contributed by atoms with Gasteiger partial charge in [0, 0.05) is 6.54 Å². The van der Waals surface area contributed by atoms with Crippen LogP contribution in [0.4, 0.5) is 4.79 Å². The molecule has 0 aliphatic rings. The summed E-state index contributed by atoms with van der Waals surface area (Å²) >= 11 is 1.12. The van der Waals surface area contributed by atoms with Crippen molar-refractivity contribution in [2.45, 2.75) is 25.6 Å². The van der Waals surface area contributed by atoms with Crippen LogP contribution in [0, 0.1) is 0 Å². The van der Waals surface area contributed by atoms with E-state index < -0.39 is 17.2 Å². The van der Waals surface area contributed by atoms with Gasteiger partial charge in [-0.25, -0.2) is 4.79 Å². The number of nitrogens with one attached hydrogen (secondary N) is 2. The Hall–Kier alpha value is -2.02. The Morgan fingerprint density at radius 3 is 2.55 bits per heavy atom. The molecule has 7 heteroatoms. The van der Waals surface area contributed by atoms with Gasteiger partial charge in [0.25, 0.3) is 0 Å². The molecule has 0 radical (unpaired) electrons. The Labute approximate surface area is 134 Å². The van der Waals surface area contributed by atoms with Gasteiger partial charge in [-0.2, -0.15) is 0 Å². The fourth-order valence-electron chi connectivity index (χ4n) is 1.51. The minimum absolute atomic E-state index is 0.0774. The fourth-order valence-corrected chi connectivity index (χ4v) is 2.19. The van der Waals surface area contributed by atoms with E-state index >= 15 is 0 Å². The number of carbonyl (C=O) groups is 3. The summed E-state index contributed by atoms with van der Waals surface area (Å²) in [5.41, 5.74) is 0.940. The predicted molar refractivity (Wildman–Crippen MR) is 85.4 cm³/mol. The fraction of sp³-hybridized carbons (Fsp3) is 0.400. The summed E-state index contributed by atoms with van der Waals surface area (Å²) in [5, 5.41) is 4.32. The van der Waals surface area contributed by atoms with Gasteiger partial charge in [-0.05, 0) is 19.4 Å². The van der Waals surface area contributed by atoms with E-state index in [1.165, 1.54) is 0 Å². The van der Waals surface area contributed by atoms with Crippen molar-refractivity contribution in [3.8, 4) is 0 Å². The first-order chi connectivity index (χ1) is 10.5. The first-order valence-electron chi connectivity index (χ1n) is 6.92. The average Bonchev–Trinajstić information content (AvgIpc) is 2.52. The highest BCUT2D eigenvalue weighted by atomic mass is 32.2. The molecule has 1 rings (SSSR count). The molecule has 22 heavy (non-hydrogen) atoms. The van der Waals surface area contributed by atoms with Gasteiger partial charge in [0.1, 0.15) is 0 Å². The van der Waals surface area contributed by atoms with Crippen LogP contribution in [0.2, 0.25) is 0 Å². The Morgan fingerprint density at radius 2 is 1.91 bits per heavy atom. The Morgan fingerprint density at radius 1 is 1.23 bits per heavy atom. The standard InChI is InChI=1S/C15H20N2O4S/c1-3-21-13(18)10-22-11(2)14(19)17-15(20)16-9-12-7-5-4-6-8-12/h4-8,11H,3,9-10H2,1-2H3,(H2,16,17,19,20)/t11-/m0/s1. The van der Waals surface area contributed by atoms with Crippen LogP contribution in [0.3, 0.4) is 0 Å². The van der Waals surface area contributed by atoms with Gasteiger partial charge in [-0.3, -0.25) is 14.9 Å². The van der Waals surface area contributed by atoms with E-state index in [2.05, 4.69) is 10.6 Å². The van der Waals surface area contributed by atoms with Crippen molar-refractivity contribution >= 4 is 29.7 Å². The minimum atomic E-state index is -0.558. The number of rotatable bonds is 7. The van der Waals surface area contributed by atoms with Crippen LogP contribution < -0.4 is 10.6 Å². The number of esters is 1. The highest BCUT2D eigenvalue weighted by Crippen LogP contribution is 2.10. The number of thioether (sulfide) groups is 1. The maximum absolute atomic E-state index is 11.8. The van der Waals surface area contributed by atoms with Crippen LogP contribution in [0.1, 0.15) is 19.4 Å². The second-order valence-corrected chi connectivity index (χ2v) is 5.74. The third-order valence-corrected chi connectivity index (χ3v) is 3.77. The molecule has 1 atom stereocenters. The van der Waals surface area contributed by atoms with Crippen molar-refractivity contribution in [1.29, 1.82) is 0 Å². The van der Waals surface area contributed by atoms with E-state index in [9.17, 15) is 14.4 Å². The molecule has 0 heterocycles. The van der Waals surface area contributed by atoms with Gasteiger partial charge in [0.2, 0.25) is 5.91 Å². The molecule has 1 aromatic carbocycles. The Balaban J connectivity index is 2.28. The van der Waals surface area contributed by atoms with Gasteiger partial charge >= 0.3 is 12.0 Å². The van der Waals surface area contributed by atoms with E-state index in [4.69, 9.17) is 4.74 Å². The normalized spacial score (nSPS) is 11.4. The molecule has 3 amide bonds. The van der Waals surface area contributed by atoms with Crippen LogP contribution in [-0.2, 0) is 20.9 Å². The highest BCUT2D eigenvalue weighted by molar-refractivity contribution is 8.01. The van der Waals surface area contributed by atoms with Crippen LogP contribution >= 0.6 is 11.8 Å². The minimum Gasteiger partial charge on any atom is -0.465 e. The van der Waals surface area contributed by atoms with Crippen molar-refractivity contribution in [1.82, 2.24) is 10.6 Å². The monoisotopic (exact) mass is 324 g/mol. The van der Waals surface area contributed by atoms with Crippen LogP contribution in [-0.4, -0.2) is 35.5 Å². The van der Waals surface area contributed by atoms with E-state index in [1.807, 2.05) is 30.3 Å². The smallest absolute Gasteiger partial charge is 0.321 e. The van der Waals surface area contributed by atoms with Crippen molar-refractivity contribution in [2.24, 2.45) is 0 Å². The summed E-state index contributed by atoms with van der Waals surface area (Å²) < 4.78 is 4.77. The first kappa shape index (κ1) is 18.0. The molecule has 120 valence electrons. The van der Waals surface area contributed by atoms with Gasteiger partial charge in [0.15, 0.2) is 0 Å². The largest absolute Gasteiger partial charge is 0.465 e. The second kappa shape index (κ2) is 9.83. The maximum Gasteiger partial charge on any atom is 0.321 e. The molecule has 0 aliphatic heterocycles. The molecule has 0 saturated carbocycles. The lowest BCUT2D eigenvalue weighted by molar-refractivity contribution is -0.139. The lowest BCUT2D eigenvalue weighted by Crippen LogP contribution is -2.42. The SMILES string of the molecule is CCOC(=O)CS[C@@H](C)C(=O)NC(=O)NCc1ccccc1. The number of imide groups is 1. The molecule has 0 bridgehead atoms. The molecule has 1 aromatic rings. The zero-order valence-electron chi connectivity index (χ0n) is 12.6. The summed E-state index contributed by atoms with van der Waals surface area (Å²) in [7, 11) is 0. The van der Waals surface area contributed by atoms with Gasteiger partial charge in [0.05, 0.1) is 17.6 Å². The molecule has 0 fully saturated rings. The van der Waals surface area contributed by atoms with Crippen molar-refractivity contribution in [3.05, 3.63) is 35.9 Å².